The Labute approximate surface area is 187 Å². The summed E-state index contributed by atoms with van der Waals surface area (Å²) >= 11 is 5.39. The van der Waals surface area contributed by atoms with E-state index in [0.29, 0.717) is 49.2 Å². The summed E-state index contributed by atoms with van der Waals surface area (Å²) in [7, 11) is -1.59. The Morgan fingerprint density at radius 2 is 1.97 bits per heavy atom. The summed E-state index contributed by atoms with van der Waals surface area (Å²) in [6.07, 6.45) is 7.47. The molecule has 1 unspecified atom stereocenters. The van der Waals surface area contributed by atoms with Gasteiger partial charge >= 0.3 is 0 Å². The average Bonchev–Trinajstić information content (AvgIpc) is 2.78. The Balaban J connectivity index is 0.000000412. The predicted octanol–water partition coefficient (Wildman–Crippen LogP) is 0.938. The highest BCUT2D eigenvalue weighted by atomic mass is 35.5. The standard InChI is InChI=1S/C15H24N4O4S.C4H3ClN2/c1-17-7-9-18(10-8-17)24(22,23)12-15(19(21)13-20)5-4-14-3-2-6-16-11-14;5-4-1-2-6-3-7-4/h2-3,6,11,13,15,21H,4-5,7-10,12H2,1H3;1-3H. The van der Waals surface area contributed by atoms with Crippen LogP contribution in [0.25, 0.3) is 0 Å². The molecule has 2 aromatic heterocycles. The molecule has 12 heteroatoms. The van der Waals surface area contributed by atoms with Gasteiger partial charge in [-0.05, 0) is 37.6 Å². The lowest BCUT2D eigenvalue weighted by molar-refractivity contribution is -0.158. The molecular weight excluding hydrogens is 444 g/mol. The summed E-state index contributed by atoms with van der Waals surface area (Å²) in [5.41, 5.74) is 0.929. The second kappa shape index (κ2) is 12.6. The first-order valence-corrected chi connectivity index (χ1v) is 11.7. The minimum atomic E-state index is -3.53. The lowest BCUT2D eigenvalue weighted by Gasteiger charge is -2.33. The summed E-state index contributed by atoms with van der Waals surface area (Å²) < 4.78 is 26.6. The summed E-state index contributed by atoms with van der Waals surface area (Å²) in [6.45, 7) is 2.22. The van der Waals surface area contributed by atoms with Crippen LogP contribution >= 0.6 is 11.6 Å². The molecule has 1 atom stereocenters. The molecule has 0 bridgehead atoms. The lowest BCUT2D eigenvalue weighted by atomic mass is 10.1. The van der Waals surface area contributed by atoms with Crippen molar-refractivity contribution >= 4 is 28.0 Å². The number of carbonyl (C=O) groups is 1. The zero-order chi connectivity index (χ0) is 22.7. The van der Waals surface area contributed by atoms with Gasteiger partial charge < -0.3 is 4.90 Å². The van der Waals surface area contributed by atoms with E-state index in [1.165, 1.54) is 10.6 Å². The predicted molar refractivity (Wildman–Crippen MR) is 116 cm³/mol. The van der Waals surface area contributed by atoms with Gasteiger partial charge in [0.15, 0.2) is 0 Å². The molecule has 31 heavy (non-hydrogen) atoms. The van der Waals surface area contributed by atoms with E-state index < -0.39 is 16.1 Å². The molecule has 0 saturated carbocycles. The van der Waals surface area contributed by atoms with Crippen molar-refractivity contribution < 1.29 is 18.4 Å². The van der Waals surface area contributed by atoms with Crippen LogP contribution in [0.1, 0.15) is 12.0 Å². The Morgan fingerprint density at radius 1 is 1.23 bits per heavy atom. The van der Waals surface area contributed by atoms with Crippen molar-refractivity contribution in [1.82, 2.24) is 29.2 Å². The van der Waals surface area contributed by atoms with Gasteiger partial charge in [0.05, 0.1) is 11.8 Å². The SMILES string of the molecule is CN1CCN(S(=O)(=O)CC(CCc2cccnc2)N(O)C=O)CC1.Clc1ccncn1. The van der Waals surface area contributed by atoms with Crippen LogP contribution < -0.4 is 0 Å². The van der Waals surface area contributed by atoms with Crippen LogP contribution in [0.2, 0.25) is 5.15 Å². The first-order chi connectivity index (χ1) is 14.8. The molecular formula is C19H27ClN6O4S. The average molecular weight is 471 g/mol. The smallest absolute Gasteiger partial charge is 0.233 e. The van der Waals surface area contributed by atoms with Gasteiger partial charge in [0.1, 0.15) is 11.5 Å². The number of piperazine rings is 1. The quantitative estimate of drug-likeness (QED) is 0.262. The molecule has 0 spiro atoms. The fourth-order valence-electron chi connectivity index (χ4n) is 2.95. The van der Waals surface area contributed by atoms with Gasteiger partial charge in [-0.1, -0.05) is 17.7 Å². The van der Waals surface area contributed by atoms with Crippen molar-refractivity contribution in [3.8, 4) is 0 Å². The molecule has 1 aliphatic rings. The number of hydrogen-bond donors (Lipinski definition) is 1. The van der Waals surface area contributed by atoms with Crippen LogP contribution in [0, 0.1) is 0 Å². The van der Waals surface area contributed by atoms with Crippen LogP contribution in [0.5, 0.6) is 0 Å². The molecule has 3 rings (SSSR count). The number of nitrogens with zero attached hydrogens (tertiary/aromatic N) is 6. The number of amides is 1. The van der Waals surface area contributed by atoms with Crippen LogP contribution in [0.3, 0.4) is 0 Å². The zero-order valence-corrected chi connectivity index (χ0v) is 18.9. The first kappa shape index (κ1) is 25.1. The monoisotopic (exact) mass is 470 g/mol. The third-order valence-electron chi connectivity index (χ3n) is 4.78. The fraction of sp³-hybridized carbons (Fsp3) is 0.474. The molecule has 1 N–H and O–H groups in total. The second-order valence-corrected chi connectivity index (χ2v) is 9.45. The zero-order valence-electron chi connectivity index (χ0n) is 17.3. The van der Waals surface area contributed by atoms with E-state index >= 15 is 0 Å². The van der Waals surface area contributed by atoms with Gasteiger partial charge in [-0.3, -0.25) is 15.0 Å². The van der Waals surface area contributed by atoms with Crippen molar-refractivity contribution in [1.29, 1.82) is 0 Å². The Morgan fingerprint density at radius 3 is 2.48 bits per heavy atom. The molecule has 1 aliphatic heterocycles. The molecule has 10 nitrogen and oxygen atoms in total. The molecule has 0 aromatic carbocycles. The summed E-state index contributed by atoms with van der Waals surface area (Å²) in [4.78, 5) is 24.3. The molecule has 3 heterocycles. The maximum absolute atomic E-state index is 12.6. The van der Waals surface area contributed by atoms with Crippen molar-refractivity contribution in [3.63, 3.8) is 0 Å². The Kier molecular flexibility index (Phi) is 10.2. The van der Waals surface area contributed by atoms with Gasteiger partial charge in [0.2, 0.25) is 16.4 Å². The fourth-order valence-corrected chi connectivity index (χ4v) is 4.78. The minimum absolute atomic E-state index is 0.257. The summed E-state index contributed by atoms with van der Waals surface area (Å²) in [5.74, 6) is -0.285. The van der Waals surface area contributed by atoms with Crippen molar-refractivity contribution in [2.75, 3.05) is 39.0 Å². The summed E-state index contributed by atoms with van der Waals surface area (Å²) in [5, 5.41) is 10.7. The number of pyridine rings is 1. The highest BCUT2D eigenvalue weighted by Gasteiger charge is 2.30. The van der Waals surface area contributed by atoms with E-state index in [4.69, 9.17) is 11.6 Å². The third kappa shape index (κ3) is 8.83. The lowest BCUT2D eigenvalue weighted by Crippen LogP contribution is -2.50. The van der Waals surface area contributed by atoms with Gasteiger partial charge in [0, 0.05) is 44.8 Å². The second-order valence-electron chi connectivity index (χ2n) is 7.05. The third-order valence-corrected chi connectivity index (χ3v) is 6.96. The number of hydroxylamine groups is 2. The van der Waals surface area contributed by atoms with Crippen LogP contribution in [0.4, 0.5) is 0 Å². The summed E-state index contributed by atoms with van der Waals surface area (Å²) in [6, 6.07) is 4.51. The van der Waals surface area contributed by atoms with Gasteiger partial charge in [0.25, 0.3) is 0 Å². The van der Waals surface area contributed by atoms with Gasteiger partial charge in [-0.25, -0.2) is 23.4 Å². The Bertz CT molecular complexity index is 883. The number of hydrogen-bond acceptors (Lipinski definition) is 8. The van der Waals surface area contributed by atoms with Crippen molar-refractivity contribution in [2.24, 2.45) is 0 Å². The molecule has 2 aromatic rings. The van der Waals surface area contributed by atoms with Crippen LogP contribution in [0.15, 0.2) is 43.1 Å². The number of aromatic nitrogens is 3. The van der Waals surface area contributed by atoms with E-state index in [2.05, 4.69) is 19.9 Å². The molecule has 1 amide bonds. The van der Waals surface area contributed by atoms with Crippen LogP contribution in [-0.4, -0.2) is 94.3 Å². The topological polar surface area (TPSA) is 120 Å². The number of likely N-dealkylation sites (N-methyl/N-ethyl adjacent to an activating group) is 1. The maximum Gasteiger partial charge on any atom is 0.233 e. The molecule has 0 aliphatic carbocycles. The van der Waals surface area contributed by atoms with Gasteiger partial charge in [-0.15, -0.1) is 0 Å². The number of halogens is 1. The van der Waals surface area contributed by atoms with Crippen molar-refractivity contribution in [3.05, 3.63) is 53.8 Å². The van der Waals surface area contributed by atoms with Gasteiger partial charge in [-0.2, -0.15) is 4.31 Å². The highest BCUT2D eigenvalue weighted by Crippen LogP contribution is 2.14. The molecule has 0 radical (unpaired) electrons. The van der Waals surface area contributed by atoms with E-state index in [0.717, 1.165) is 5.56 Å². The molecule has 1 saturated heterocycles. The number of carbonyl (C=O) groups excluding carboxylic acids is 1. The van der Waals surface area contributed by atoms with E-state index in [1.807, 2.05) is 13.1 Å². The molecule has 170 valence electrons. The maximum atomic E-state index is 12.6. The van der Waals surface area contributed by atoms with E-state index in [1.54, 1.807) is 30.7 Å². The van der Waals surface area contributed by atoms with Crippen molar-refractivity contribution in [2.45, 2.75) is 18.9 Å². The van der Waals surface area contributed by atoms with Crippen LogP contribution in [-0.2, 0) is 21.2 Å². The molecule has 1 fully saturated rings. The Hall–Kier alpha value is -2.18. The largest absolute Gasteiger partial charge is 0.304 e. The minimum Gasteiger partial charge on any atom is -0.304 e. The number of aryl methyl sites for hydroxylation is 1. The highest BCUT2D eigenvalue weighted by molar-refractivity contribution is 7.89. The first-order valence-electron chi connectivity index (χ1n) is 9.71. The normalized spacial score (nSPS) is 16.1. The van der Waals surface area contributed by atoms with E-state index in [-0.39, 0.29) is 12.2 Å². The number of rotatable bonds is 8. The number of sulfonamides is 1. The van der Waals surface area contributed by atoms with E-state index in [9.17, 15) is 18.4 Å².